The van der Waals surface area contributed by atoms with Crippen LogP contribution < -0.4 is 0 Å². The standard InChI is InChI=1S/C16H21IN2O/c17-15-6-4-14(5-7-15)16(20)19-9-1-8-18(10-11-19)12-13-2-3-13/h4-7,13H,1-3,8-12H2. The van der Waals surface area contributed by atoms with Crippen molar-refractivity contribution < 1.29 is 4.79 Å². The molecule has 1 aliphatic heterocycles. The molecule has 1 aromatic rings. The van der Waals surface area contributed by atoms with Gasteiger partial charge in [-0.2, -0.15) is 0 Å². The molecule has 3 nitrogen and oxygen atoms in total. The maximum absolute atomic E-state index is 12.5. The molecule has 3 rings (SSSR count). The second-order valence-electron chi connectivity index (χ2n) is 5.90. The molecule has 108 valence electrons. The Labute approximate surface area is 134 Å². The highest BCUT2D eigenvalue weighted by atomic mass is 127. The zero-order valence-electron chi connectivity index (χ0n) is 11.7. The summed E-state index contributed by atoms with van der Waals surface area (Å²) in [7, 11) is 0. The van der Waals surface area contributed by atoms with Gasteiger partial charge in [-0.3, -0.25) is 4.79 Å². The van der Waals surface area contributed by atoms with Gasteiger partial charge in [-0.25, -0.2) is 0 Å². The molecule has 4 heteroatoms. The average Bonchev–Trinajstić information content (AvgIpc) is 3.27. The lowest BCUT2D eigenvalue weighted by molar-refractivity contribution is 0.0761. The lowest BCUT2D eigenvalue weighted by atomic mass is 10.2. The van der Waals surface area contributed by atoms with Crippen LogP contribution in [0.1, 0.15) is 29.6 Å². The fraction of sp³-hybridized carbons (Fsp3) is 0.562. The Balaban J connectivity index is 1.59. The van der Waals surface area contributed by atoms with Crippen LogP contribution in [0.2, 0.25) is 0 Å². The number of nitrogens with zero attached hydrogens (tertiary/aromatic N) is 2. The summed E-state index contributed by atoms with van der Waals surface area (Å²) in [6, 6.07) is 7.89. The molecule has 1 amide bonds. The minimum absolute atomic E-state index is 0.190. The first-order chi connectivity index (χ1) is 9.72. The normalized spacial score (nSPS) is 20.8. The predicted octanol–water partition coefficient (Wildman–Crippen LogP) is 2.85. The third-order valence-corrected chi connectivity index (χ3v) is 4.90. The molecule has 2 fully saturated rings. The second-order valence-corrected chi connectivity index (χ2v) is 7.14. The maximum Gasteiger partial charge on any atom is 0.253 e. The number of benzene rings is 1. The van der Waals surface area contributed by atoms with E-state index in [0.717, 1.165) is 44.1 Å². The Morgan fingerprint density at radius 1 is 1.10 bits per heavy atom. The smallest absolute Gasteiger partial charge is 0.253 e. The van der Waals surface area contributed by atoms with Gasteiger partial charge in [0.25, 0.3) is 5.91 Å². The summed E-state index contributed by atoms with van der Waals surface area (Å²) in [5, 5.41) is 0. The van der Waals surface area contributed by atoms with E-state index in [1.54, 1.807) is 0 Å². The molecule has 1 aliphatic carbocycles. The van der Waals surface area contributed by atoms with Crippen LogP contribution >= 0.6 is 22.6 Å². The highest BCUT2D eigenvalue weighted by molar-refractivity contribution is 14.1. The van der Waals surface area contributed by atoms with Crippen molar-refractivity contribution in [3.8, 4) is 0 Å². The Hall–Kier alpha value is -0.620. The quantitative estimate of drug-likeness (QED) is 0.749. The molecule has 20 heavy (non-hydrogen) atoms. The van der Waals surface area contributed by atoms with E-state index >= 15 is 0 Å². The van der Waals surface area contributed by atoms with Crippen LogP contribution in [0.3, 0.4) is 0 Å². The third kappa shape index (κ3) is 3.73. The number of hydrogen-bond donors (Lipinski definition) is 0. The van der Waals surface area contributed by atoms with Crippen molar-refractivity contribution in [2.45, 2.75) is 19.3 Å². The third-order valence-electron chi connectivity index (χ3n) is 4.18. The summed E-state index contributed by atoms with van der Waals surface area (Å²) in [6.07, 6.45) is 3.91. The van der Waals surface area contributed by atoms with Crippen LogP contribution in [0.25, 0.3) is 0 Å². The van der Waals surface area contributed by atoms with E-state index in [-0.39, 0.29) is 5.91 Å². The van der Waals surface area contributed by atoms with Crippen LogP contribution in [-0.2, 0) is 0 Å². The summed E-state index contributed by atoms with van der Waals surface area (Å²) in [6.45, 7) is 5.19. The van der Waals surface area contributed by atoms with Crippen LogP contribution in [0, 0.1) is 9.49 Å². The largest absolute Gasteiger partial charge is 0.337 e. The minimum Gasteiger partial charge on any atom is -0.337 e. The van der Waals surface area contributed by atoms with E-state index in [2.05, 4.69) is 27.5 Å². The van der Waals surface area contributed by atoms with E-state index < -0.39 is 0 Å². The summed E-state index contributed by atoms with van der Waals surface area (Å²) in [5.41, 5.74) is 0.820. The fourth-order valence-electron chi connectivity index (χ4n) is 2.80. The van der Waals surface area contributed by atoms with Crippen LogP contribution in [-0.4, -0.2) is 48.4 Å². The molecule has 2 aliphatic rings. The van der Waals surface area contributed by atoms with Gasteiger partial charge in [0, 0.05) is 35.3 Å². The van der Waals surface area contributed by atoms with Crippen LogP contribution in [0.15, 0.2) is 24.3 Å². The zero-order valence-corrected chi connectivity index (χ0v) is 13.9. The van der Waals surface area contributed by atoms with Crippen molar-refractivity contribution in [3.63, 3.8) is 0 Å². The number of carbonyl (C=O) groups is 1. The van der Waals surface area contributed by atoms with Gasteiger partial charge >= 0.3 is 0 Å². The highest BCUT2D eigenvalue weighted by Gasteiger charge is 2.26. The number of rotatable bonds is 3. The molecule has 0 bridgehead atoms. The molecule has 1 heterocycles. The number of halogens is 1. The molecular formula is C16H21IN2O. The van der Waals surface area contributed by atoms with E-state index in [9.17, 15) is 4.79 Å². The first-order valence-corrected chi connectivity index (χ1v) is 8.57. The van der Waals surface area contributed by atoms with Crippen LogP contribution in [0.4, 0.5) is 0 Å². The van der Waals surface area contributed by atoms with Crippen molar-refractivity contribution in [2.24, 2.45) is 5.92 Å². The molecule has 1 saturated heterocycles. The van der Waals surface area contributed by atoms with Gasteiger partial charge in [0.2, 0.25) is 0 Å². The minimum atomic E-state index is 0.190. The average molecular weight is 384 g/mol. The Kier molecular flexibility index (Phi) is 4.61. The van der Waals surface area contributed by atoms with Gasteiger partial charge in [0.05, 0.1) is 0 Å². The fourth-order valence-corrected chi connectivity index (χ4v) is 3.16. The van der Waals surface area contributed by atoms with E-state index in [4.69, 9.17) is 0 Å². The van der Waals surface area contributed by atoms with Crippen molar-refractivity contribution in [3.05, 3.63) is 33.4 Å². The summed E-state index contributed by atoms with van der Waals surface area (Å²) < 4.78 is 1.17. The SMILES string of the molecule is O=C(c1ccc(I)cc1)N1CCCN(CC2CC2)CC1. The highest BCUT2D eigenvalue weighted by Crippen LogP contribution is 2.30. The first kappa shape index (κ1) is 14.3. The molecule has 0 atom stereocenters. The Morgan fingerprint density at radius 3 is 2.55 bits per heavy atom. The topological polar surface area (TPSA) is 23.6 Å². The Bertz CT molecular complexity index is 470. The van der Waals surface area contributed by atoms with Crippen molar-refractivity contribution in [1.82, 2.24) is 9.80 Å². The monoisotopic (exact) mass is 384 g/mol. The number of amides is 1. The zero-order chi connectivity index (χ0) is 13.9. The van der Waals surface area contributed by atoms with Crippen molar-refractivity contribution >= 4 is 28.5 Å². The second kappa shape index (κ2) is 6.43. The van der Waals surface area contributed by atoms with Crippen LogP contribution in [0.5, 0.6) is 0 Å². The van der Waals surface area contributed by atoms with Gasteiger partial charge in [0.1, 0.15) is 0 Å². The molecule has 0 unspecified atom stereocenters. The van der Waals surface area contributed by atoms with E-state index in [1.165, 1.54) is 23.0 Å². The van der Waals surface area contributed by atoms with E-state index in [0.29, 0.717) is 0 Å². The summed E-state index contributed by atoms with van der Waals surface area (Å²) >= 11 is 2.27. The van der Waals surface area contributed by atoms with Crippen molar-refractivity contribution in [1.29, 1.82) is 0 Å². The molecule has 1 aromatic carbocycles. The van der Waals surface area contributed by atoms with Gasteiger partial charge in [-0.1, -0.05) is 0 Å². The molecule has 1 saturated carbocycles. The van der Waals surface area contributed by atoms with E-state index in [1.807, 2.05) is 29.2 Å². The van der Waals surface area contributed by atoms with Gasteiger partial charge in [-0.05, 0) is 78.6 Å². The molecule has 0 N–H and O–H groups in total. The van der Waals surface area contributed by atoms with Gasteiger partial charge < -0.3 is 9.80 Å². The number of carbonyl (C=O) groups excluding carboxylic acids is 1. The summed E-state index contributed by atoms with van der Waals surface area (Å²) in [4.78, 5) is 17.1. The summed E-state index contributed by atoms with van der Waals surface area (Å²) in [5.74, 6) is 1.13. The molecule has 0 aromatic heterocycles. The van der Waals surface area contributed by atoms with Gasteiger partial charge in [0.15, 0.2) is 0 Å². The lowest BCUT2D eigenvalue weighted by Gasteiger charge is -2.22. The maximum atomic E-state index is 12.5. The number of hydrogen-bond acceptors (Lipinski definition) is 2. The first-order valence-electron chi connectivity index (χ1n) is 7.49. The van der Waals surface area contributed by atoms with Gasteiger partial charge in [-0.15, -0.1) is 0 Å². The lowest BCUT2D eigenvalue weighted by Crippen LogP contribution is -2.35. The predicted molar refractivity (Wildman–Crippen MR) is 88.8 cm³/mol. The molecule has 0 spiro atoms. The molecule has 0 radical (unpaired) electrons. The van der Waals surface area contributed by atoms with Crippen molar-refractivity contribution in [2.75, 3.05) is 32.7 Å². The molecular weight excluding hydrogens is 363 g/mol. The Morgan fingerprint density at radius 2 is 1.85 bits per heavy atom.